The lowest BCUT2D eigenvalue weighted by molar-refractivity contribution is 0.0120. The van der Waals surface area contributed by atoms with Crippen LogP contribution in [0.5, 0.6) is 0 Å². The predicted molar refractivity (Wildman–Crippen MR) is 68.3 cm³/mol. The van der Waals surface area contributed by atoms with Crippen LogP contribution in [0.4, 0.5) is 18.4 Å². The standard InChI is InChI=1S/C12H20F2N2O5/c1-11(2,3)21-9(18)15-7(5-17)8-4-12(13,14)6-16(8)10(19)20/h7-8,17H,4-6H2,1-3H3,(H,15,18)(H,19,20)/t7-,8?/m0/s1. The summed E-state index contributed by atoms with van der Waals surface area (Å²) in [6, 6.07) is -2.38. The number of aliphatic hydroxyl groups excluding tert-OH is 1. The molecule has 1 aliphatic heterocycles. The van der Waals surface area contributed by atoms with E-state index >= 15 is 0 Å². The van der Waals surface area contributed by atoms with Crippen molar-refractivity contribution in [2.75, 3.05) is 13.2 Å². The molecular formula is C12H20F2N2O5. The monoisotopic (exact) mass is 310 g/mol. The SMILES string of the molecule is CC(C)(C)OC(=O)N[C@@H](CO)C1CC(F)(F)CN1C(=O)O. The van der Waals surface area contributed by atoms with E-state index in [0.717, 1.165) is 0 Å². The molecule has 2 atom stereocenters. The molecule has 1 fully saturated rings. The molecule has 0 aromatic rings. The molecule has 9 heteroatoms. The minimum atomic E-state index is -3.19. The van der Waals surface area contributed by atoms with Crippen molar-refractivity contribution in [1.82, 2.24) is 10.2 Å². The molecule has 122 valence electrons. The van der Waals surface area contributed by atoms with Crippen LogP contribution in [0.2, 0.25) is 0 Å². The Bertz CT molecular complexity index is 411. The van der Waals surface area contributed by atoms with Crippen LogP contribution in [0.25, 0.3) is 0 Å². The number of rotatable bonds is 3. The fraction of sp³-hybridized carbons (Fsp3) is 0.833. The first kappa shape index (κ1) is 17.4. The van der Waals surface area contributed by atoms with Gasteiger partial charge in [0.1, 0.15) is 5.60 Å². The summed E-state index contributed by atoms with van der Waals surface area (Å²) in [4.78, 5) is 23.2. The van der Waals surface area contributed by atoms with E-state index in [4.69, 9.17) is 9.84 Å². The summed E-state index contributed by atoms with van der Waals surface area (Å²) in [5, 5.41) is 20.5. The van der Waals surface area contributed by atoms with Gasteiger partial charge in [0.05, 0.1) is 25.2 Å². The number of carboxylic acid groups (broad SMARTS) is 1. The maximum atomic E-state index is 13.4. The van der Waals surface area contributed by atoms with Gasteiger partial charge in [-0.25, -0.2) is 18.4 Å². The van der Waals surface area contributed by atoms with Gasteiger partial charge in [-0.1, -0.05) is 0 Å². The lowest BCUT2D eigenvalue weighted by Crippen LogP contribution is -2.53. The third-order valence-corrected chi connectivity index (χ3v) is 2.92. The number of carbonyl (C=O) groups is 2. The van der Waals surface area contributed by atoms with E-state index in [9.17, 15) is 23.5 Å². The highest BCUT2D eigenvalue weighted by molar-refractivity contribution is 5.69. The van der Waals surface area contributed by atoms with Gasteiger partial charge in [0.25, 0.3) is 5.92 Å². The van der Waals surface area contributed by atoms with Crippen molar-refractivity contribution in [3.05, 3.63) is 0 Å². The van der Waals surface area contributed by atoms with Crippen molar-refractivity contribution in [1.29, 1.82) is 0 Å². The van der Waals surface area contributed by atoms with Gasteiger partial charge in [-0.15, -0.1) is 0 Å². The number of hydrogen-bond acceptors (Lipinski definition) is 4. The maximum Gasteiger partial charge on any atom is 0.408 e. The second-order valence-electron chi connectivity index (χ2n) is 5.97. The molecule has 1 saturated heterocycles. The van der Waals surface area contributed by atoms with Gasteiger partial charge in [0, 0.05) is 6.42 Å². The normalized spacial score (nSPS) is 22.8. The van der Waals surface area contributed by atoms with E-state index in [0.29, 0.717) is 4.90 Å². The predicted octanol–water partition coefficient (Wildman–Crippen LogP) is 1.26. The minimum absolute atomic E-state index is 0.526. The van der Waals surface area contributed by atoms with Crippen molar-refractivity contribution in [2.24, 2.45) is 0 Å². The zero-order valence-corrected chi connectivity index (χ0v) is 12.1. The number of likely N-dealkylation sites (tertiary alicyclic amines) is 1. The van der Waals surface area contributed by atoms with Crippen LogP contribution < -0.4 is 5.32 Å². The summed E-state index contributed by atoms with van der Waals surface area (Å²) in [6.45, 7) is 3.22. The van der Waals surface area contributed by atoms with E-state index in [2.05, 4.69) is 5.32 Å². The fourth-order valence-electron chi connectivity index (χ4n) is 2.14. The number of ether oxygens (including phenoxy) is 1. The van der Waals surface area contributed by atoms with Crippen LogP contribution in [-0.4, -0.2) is 64.1 Å². The second-order valence-corrected chi connectivity index (χ2v) is 5.97. The molecule has 1 heterocycles. The Morgan fingerprint density at radius 3 is 2.48 bits per heavy atom. The van der Waals surface area contributed by atoms with Gasteiger partial charge < -0.3 is 20.3 Å². The molecular weight excluding hydrogens is 290 g/mol. The topological polar surface area (TPSA) is 99.1 Å². The molecule has 0 aromatic heterocycles. The summed E-state index contributed by atoms with van der Waals surface area (Å²) in [5.41, 5.74) is -0.795. The highest BCUT2D eigenvalue weighted by atomic mass is 19.3. The first-order valence-corrected chi connectivity index (χ1v) is 6.43. The average Bonchev–Trinajstić information content (AvgIpc) is 2.60. The van der Waals surface area contributed by atoms with Crippen LogP contribution in [0.1, 0.15) is 27.2 Å². The van der Waals surface area contributed by atoms with E-state index in [1.54, 1.807) is 20.8 Å². The van der Waals surface area contributed by atoms with E-state index < -0.39 is 55.4 Å². The lowest BCUT2D eigenvalue weighted by atomic mass is 10.1. The van der Waals surface area contributed by atoms with Crippen LogP contribution in [0, 0.1) is 0 Å². The molecule has 1 aliphatic rings. The van der Waals surface area contributed by atoms with E-state index in [1.807, 2.05) is 0 Å². The van der Waals surface area contributed by atoms with Gasteiger partial charge >= 0.3 is 12.2 Å². The molecule has 1 unspecified atom stereocenters. The molecule has 7 nitrogen and oxygen atoms in total. The number of amides is 2. The van der Waals surface area contributed by atoms with Gasteiger partial charge in [-0.2, -0.15) is 0 Å². The van der Waals surface area contributed by atoms with Crippen molar-refractivity contribution in [3.63, 3.8) is 0 Å². The number of nitrogens with one attached hydrogen (secondary N) is 1. The Balaban J connectivity index is 2.79. The van der Waals surface area contributed by atoms with Crippen LogP contribution in [0.3, 0.4) is 0 Å². The van der Waals surface area contributed by atoms with Crippen molar-refractivity contribution < 1.29 is 33.3 Å². The number of hydrogen-bond donors (Lipinski definition) is 3. The molecule has 0 radical (unpaired) electrons. The zero-order chi connectivity index (χ0) is 16.4. The Morgan fingerprint density at radius 2 is 2.05 bits per heavy atom. The summed E-state index contributed by atoms with van der Waals surface area (Å²) in [5.74, 6) is -3.19. The molecule has 21 heavy (non-hydrogen) atoms. The fourth-order valence-corrected chi connectivity index (χ4v) is 2.14. The van der Waals surface area contributed by atoms with Crippen molar-refractivity contribution in [2.45, 2.75) is 50.8 Å². The summed E-state index contributed by atoms with van der Waals surface area (Å²) in [6.07, 6.45) is -3.19. The van der Waals surface area contributed by atoms with Gasteiger partial charge in [0.15, 0.2) is 0 Å². The molecule has 0 saturated carbocycles. The van der Waals surface area contributed by atoms with Crippen LogP contribution in [-0.2, 0) is 4.74 Å². The average molecular weight is 310 g/mol. The maximum absolute atomic E-state index is 13.4. The smallest absolute Gasteiger partial charge is 0.408 e. The molecule has 3 N–H and O–H groups in total. The van der Waals surface area contributed by atoms with Crippen LogP contribution in [0.15, 0.2) is 0 Å². The Kier molecular flexibility index (Phi) is 4.98. The van der Waals surface area contributed by atoms with Crippen molar-refractivity contribution >= 4 is 12.2 Å². The van der Waals surface area contributed by atoms with Crippen molar-refractivity contribution in [3.8, 4) is 0 Å². The number of halogens is 2. The quantitative estimate of drug-likeness (QED) is 0.729. The summed E-state index contributed by atoms with van der Waals surface area (Å²) in [7, 11) is 0. The largest absolute Gasteiger partial charge is 0.465 e. The Labute approximate surface area is 120 Å². The number of aliphatic hydroxyl groups is 1. The highest BCUT2D eigenvalue weighted by Gasteiger charge is 2.50. The first-order valence-electron chi connectivity index (χ1n) is 6.43. The van der Waals surface area contributed by atoms with E-state index in [1.165, 1.54) is 0 Å². The number of alkyl halides is 2. The third kappa shape index (κ3) is 5.00. The molecule has 1 rings (SSSR count). The Morgan fingerprint density at radius 1 is 1.48 bits per heavy atom. The third-order valence-electron chi connectivity index (χ3n) is 2.92. The molecule has 0 aliphatic carbocycles. The van der Waals surface area contributed by atoms with Gasteiger partial charge in [-0.05, 0) is 20.8 Å². The van der Waals surface area contributed by atoms with Gasteiger partial charge in [-0.3, -0.25) is 4.90 Å². The zero-order valence-electron chi connectivity index (χ0n) is 12.1. The Hall–Kier alpha value is -1.64. The minimum Gasteiger partial charge on any atom is -0.465 e. The number of carbonyl (C=O) groups excluding carboxylic acids is 1. The highest BCUT2D eigenvalue weighted by Crippen LogP contribution is 2.33. The second kappa shape index (κ2) is 6.00. The summed E-state index contributed by atoms with van der Waals surface area (Å²) < 4.78 is 31.7. The summed E-state index contributed by atoms with van der Waals surface area (Å²) >= 11 is 0. The number of alkyl carbamates (subject to hydrolysis) is 1. The number of nitrogens with zero attached hydrogens (tertiary/aromatic N) is 1. The molecule has 2 amide bonds. The first-order chi connectivity index (χ1) is 9.45. The molecule has 0 aromatic carbocycles. The van der Waals surface area contributed by atoms with Crippen LogP contribution >= 0.6 is 0 Å². The molecule has 0 bridgehead atoms. The van der Waals surface area contributed by atoms with E-state index in [-0.39, 0.29) is 0 Å². The molecule has 0 spiro atoms. The lowest BCUT2D eigenvalue weighted by Gasteiger charge is -2.29. The van der Waals surface area contributed by atoms with Gasteiger partial charge in [0.2, 0.25) is 0 Å².